The highest BCUT2D eigenvalue weighted by molar-refractivity contribution is 9.10. The number of amides is 1. The SMILES string of the molecule is COc1cc(/C=N\NC(=O)COc2ccc(Br)cc2)ccc1OCC#N. The molecule has 7 nitrogen and oxygen atoms in total. The summed E-state index contributed by atoms with van der Waals surface area (Å²) in [5.74, 6) is 1.13. The van der Waals surface area contributed by atoms with Gasteiger partial charge in [0.25, 0.3) is 5.91 Å². The molecule has 1 amide bonds. The Morgan fingerprint density at radius 2 is 2.00 bits per heavy atom. The summed E-state index contributed by atoms with van der Waals surface area (Å²) in [5, 5.41) is 12.4. The minimum atomic E-state index is -0.384. The Kier molecular flexibility index (Phi) is 7.46. The van der Waals surface area contributed by atoms with Crippen molar-refractivity contribution in [1.29, 1.82) is 5.26 Å². The number of carbonyl (C=O) groups is 1. The van der Waals surface area contributed by atoms with Crippen LogP contribution in [0.4, 0.5) is 0 Å². The van der Waals surface area contributed by atoms with Crippen molar-refractivity contribution >= 4 is 28.1 Å². The van der Waals surface area contributed by atoms with Crippen LogP contribution >= 0.6 is 15.9 Å². The molecule has 1 N–H and O–H groups in total. The fraction of sp³-hybridized carbons (Fsp3) is 0.167. The highest BCUT2D eigenvalue weighted by atomic mass is 79.9. The minimum Gasteiger partial charge on any atom is -0.493 e. The van der Waals surface area contributed by atoms with Gasteiger partial charge in [0.15, 0.2) is 24.7 Å². The van der Waals surface area contributed by atoms with Crippen LogP contribution in [0.25, 0.3) is 0 Å². The van der Waals surface area contributed by atoms with Crippen LogP contribution in [-0.2, 0) is 4.79 Å². The van der Waals surface area contributed by atoms with E-state index in [0.717, 1.165) is 4.47 Å². The van der Waals surface area contributed by atoms with Crippen LogP contribution in [0.3, 0.4) is 0 Å². The number of carbonyl (C=O) groups excluding carboxylic acids is 1. The fourth-order valence-corrected chi connectivity index (χ4v) is 2.15. The van der Waals surface area contributed by atoms with Crippen molar-refractivity contribution in [3.8, 4) is 23.3 Å². The van der Waals surface area contributed by atoms with Crippen LogP contribution in [-0.4, -0.2) is 32.4 Å². The zero-order valence-electron chi connectivity index (χ0n) is 13.9. The van der Waals surface area contributed by atoms with Gasteiger partial charge in [-0.15, -0.1) is 0 Å². The van der Waals surface area contributed by atoms with Crippen LogP contribution in [0, 0.1) is 11.3 Å². The Labute approximate surface area is 159 Å². The van der Waals surface area contributed by atoms with Crippen molar-refractivity contribution in [3.63, 3.8) is 0 Å². The Morgan fingerprint density at radius 3 is 2.69 bits per heavy atom. The van der Waals surface area contributed by atoms with Gasteiger partial charge in [-0.05, 0) is 48.0 Å². The maximum Gasteiger partial charge on any atom is 0.277 e. The van der Waals surface area contributed by atoms with E-state index in [9.17, 15) is 4.79 Å². The first-order valence-electron chi connectivity index (χ1n) is 7.50. The molecule has 0 radical (unpaired) electrons. The van der Waals surface area contributed by atoms with E-state index < -0.39 is 0 Å². The Balaban J connectivity index is 1.86. The number of methoxy groups -OCH3 is 1. The standard InChI is InChI=1S/C18H16BrN3O4/c1-24-17-10-13(2-7-16(17)25-9-8-20)11-21-22-18(23)12-26-15-5-3-14(19)4-6-15/h2-7,10-11H,9,12H2,1H3,(H,22,23)/b21-11-. The molecule has 0 saturated heterocycles. The molecule has 2 aromatic rings. The molecule has 0 saturated carbocycles. The number of nitriles is 1. The van der Waals surface area contributed by atoms with Gasteiger partial charge < -0.3 is 14.2 Å². The molecule has 0 bridgehead atoms. The van der Waals surface area contributed by atoms with Crippen molar-refractivity contribution in [3.05, 3.63) is 52.5 Å². The molecule has 0 aliphatic heterocycles. The van der Waals surface area contributed by atoms with E-state index in [1.54, 1.807) is 30.3 Å². The first-order chi connectivity index (χ1) is 12.6. The van der Waals surface area contributed by atoms with Gasteiger partial charge in [0, 0.05) is 4.47 Å². The summed E-state index contributed by atoms with van der Waals surface area (Å²) in [5.41, 5.74) is 3.07. The third-order valence-corrected chi connectivity index (χ3v) is 3.60. The molecule has 0 aliphatic carbocycles. The molecule has 26 heavy (non-hydrogen) atoms. The number of ether oxygens (including phenoxy) is 3. The number of hydrazone groups is 1. The summed E-state index contributed by atoms with van der Waals surface area (Å²) in [6.07, 6.45) is 1.47. The van der Waals surface area contributed by atoms with Crippen molar-refractivity contribution in [2.45, 2.75) is 0 Å². The maximum atomic E-state index is 11.7. The van der Waals surface area contributed by atoms with Crippen LogP contribution in [0.2, 0.25) is 0 Å². The highest BCUT2D eigenvalue weighted by Crippen LogP contribution is 2.27. The lowest BCUT2D eigenvalue weighted by Crippen LogP contribution is -2.24. The molecule has 0 aliphatic rings. The predicted molar refractivity (Wildman–Crippen MR) is 99.5 cm³/mol. The van der Waals surface area contributed by atoms with Gasteiger partial charge in [-0.3, -0.25) is 4.79 Å². The van der Waals surface area contributed by atoms with Gasteiger partial charge in [-0.2, -0.15) is 10.4 Å². The quantitative estimate of drug-likeness (QED) is 0.526. The summed E-state index contributed by atoms with van der Waals surface area (Å²) in [6, 6.07) is 14.1. The molecule has 2 rings (SSSR count). The second kappa shape index (κ2) is 10.1. The summed E-state index contributed by atoms with van der Waals surface area (Å²) < 4.78 is 16.7. The van der Waals surface area contributed by atoms with Crippen molar-refractivity contribution in [2.24, 2.45) is 5.10 Å². The Bertz CT molecular complexity index is 816. The van der Waals surface area contributed by atoms with Crippen molar-refractivity contribution in [2.75, 3.05) is 20.3 Å². The molecular formula is C18H16BrN3O4. The molecule has 134 valence electrons. The lowest BCUT2D eigenvalue weighted by Gasteiger charge is -2.08. The topological polar surface area (TPSA) is 92.9 Å². The monoisotopic (exact) mass is 417 g/mol. The number of nitrogens with zero attached hydrogens (tertiary/aromatic N) is 2. The summed E-state index contributed by atoms with van der Waals surface area (Å²) >= 11 is 3.32. The van der Waals surface area contributed by atoms with Gasteiger partial charge >= 0.3 is 0 Å². The van der Waals surface area contributed by atoms with E-state index in [1.165, 1.54) is 13.3 Å². The second-order valence-electron chi connectivity index (χ2n) is 4.89. The third kappa shape index (κ3) is 6.11. The summed E-state index contributed by atoms with van der Waals surface area (Å²) in [6.45, 7) is -0.221. The van der Waals surface area contributed by atoms with E-state index >= 15 is 0 Å². The van der Waals surface area contributed by atoms with Crippen LogP contribution in [0.15, 0.2) is 52.0 Å². The summed E-state index contributed by atoms with van der Waals surface area (Å²) in [4.78, 5) is 11.7. The van der Waals surface area contributed by atoms with E-state index in [4.69, 9.17) is 19.5 Å². The molecular weight excluding hydrogens is 402 g/mol. The van der Waals surface area contributed by atoms with E-state index in [0.29, 0.717) is 22.8 Å². The molecule has 0 fully saturated rings. The molecule has 0 aromatic heterocycles. The first kappa shape index (κ1) is 19.3. The van der Waals surface area contributed by atoms with Gasteiger partial charge in [0.2, 0.25) is 0 Å². The predicted octanol–water partition coefficient (Wildman–Crippen LogP) is 2.89. The van der Waals surface area contributed by atoms with E-state index in [-0.39, 0.29) is 19.1 Å². The molecule has 2 aromatic carbocycles. The Hall–Kier alpha value is -3.05. The lowest BCUT2D eigenvalue weighted by molar-refractivity contribution is -0.123. The first-order valence-corrected chi connectivity index (χ1v) is 8.29. The number of rotatable bonds is 8. The normalized spacial score (nSPS) is 10.2. The highest BCUT2D eigenvalue weighted by Gasteiger charge is 2.05. The third-order valence-electron chi connectivity index (χ3n) is 3.07. The zero-order valence-corrected chi connectivity index (χ0v) is 15.5. The largest absolute Gasteiger partial charge is 0.493 e. The smallest absolute Gasteiger partial charge is 0.277 e. The maximum absolute atomic E-state index is 11.7. The van der Waals surface area contributed by atoms with E-state index in [1.807, 2.05) is 18.2 Å². The van der Waals surface area contributed by atoms with Crippen molar-refractivity contribution in [1.82, 2.24) is 5.43 Å². The number of nitrogens with one attached hydrogen (secondary N) is 1. The van der Waals surface area contributed by atoms with Gasteiger partial charge in [0.05, 0.1) is 13.3 Å². The lowest BCUT2D eigenvalue weighted by atomic mass is 10.2. The number of halogens is 1. The molecule has 0 spiro atoms. The molecule has 0 heterocycles. The van der Waals surface area contributed by atoms with Crippen LogP contribution < -0.4 is 19.6 Å². The molecule has 0 unspecified atom stereocenters. The van der Waals surface area contributed by atoms with Gasteiger partial charge in [-0.25, -0.2) is 5.43 Å². The molecule has 8 heteroatoms. The summed E-state index contributed by atoms with van der Waals surface area (Å²) in [7, 11) is 1.50. The van der Waals surface area contributed by atoms with Crippen LogP contribution in [0.5, 0.6) is 17.2 Å². The van der Waals surface area contributed by atoms with Gasteiger partial charge in [-0.1, -0.05) is 15.9 Å². The van der Waals surface area contributed by atoms with E-state index in [2.05, 4.69) is 26.5 Å². The average Bonchev–Trinajstić information content (AvgIpc) is 2.66. The second-order valence-corrected chi connectivity index (χ2v) is 5.81. The number of hydrogen-bond donors (Lipinski definition) is 1. The number of benzene rings is 2. The average molecular weight is 418 g/mol. The molecule has 0 atom stereocenters. The van der Waals surface area contributed by atoms with Gasteiger partial charge in [0.1, 0.15) is 11.8 Å². The number of hydrogen-bond acceptors (Lipinski definition) is 6. The fourth-order valence-electron chi connectivity index (χ4n) is 1.88. The van der Waals surface area contributed by atoms with Crippen LogP contribution in [0.1, 0.15) is 5.56 Å². The minimum absolute atomic E-state index is 0.0712. The Morgan fingerprint density at radius 1 is 1.23 bits per heavy atom. The zero-order chi connectivity index (χ0) is 18.8. The van der Waals surface area contributed by atoms with Crippen molar-refractivity contribution < 1.29 is 19.0 Å².